The van der Waals surface area contributed by atoms with Gasteiger partial charge in [-0.2, -0.15) is 0 Å². The molecule has 1 aromatic carbocycles. The Kier molecular flexibility index (Phi) is 4.43. The molecule has 2 N–H and O–H groups in total. The smallest absolute Gasteiger partial charge is 0.307 e. The van der Waals surface area contributed by atoms with Crippen LogP contribution in [0.25, 0.3) is 0 Å². The summed E-state index contributed by atoms with van der Waals surface area (Å²) in [4.78, 5) is 11.8. The first-order valence-electron chi connectivity index (χ1n) is 6.69. The molecule has 104 valence electrons. The minimum Gasteiger partial charge on any atom is -0.497 e. The summed E-state index contributed by atoms with van der Waals surface area (Å²) >= 11 is 0. The summed E-state index contributed by atoms with van der Waals surface area (Å²) < 4.78 is 10.4. The largest absolute Gasteiger partial charge is 0.497 e. The second-order valence-electron chi connectivity index (χ2n) is 5.26. The van der Waals surface area contributed by atoms with Gasteiger partial charge in [0.2, 0.25) is 0 Å². The van der Waals surface area contributed by atoms with Crippen LogP contribution in [-0.4, -0.2) is 18.6 Å². The van der Waals surface area contributed by atoms with Crippen molar-refractivity contribution in [2.24, 2.45) is 5.73 Å². The van der Waals surface area contributed by atoms with E-state index in [1.54, 1.807) is 7.11 Å². The van der Waals surface area contributed by atoms with Gasteiger partial charge >= 0.3 is 5.97 Å². The molecule has 0 aromatic heterocycles. The monoisotopic (exact) mass is 263 g/mol. The second-order valence-corrected chi connectivity index (χ2v) is 5.26. The number of rotatable bonds is 5. The third-order valence-corrected chi connectivity index (χ3v) is 3.63. The average molecular weight is 263 g/mol. The van der Waals surface area contributed by atoms with E-state index in [0.717, 1.165) is 37.0 Å². The fourth-order valence-corrected chi connectivity index (χ4v) is 2.52. The third kappa shape index (κ3) is 3.96. The zero-order valence-corrected chi connectivity index (χ0v) is 11.4. The van der Waals surface area contributed by atoms with Crippen molar-refractivity contribution in [2.75, 3.05) is 7.11 Å². The molecule has 0 atom stereocenters. The molecule has 0 radical (unpaired) electrons. The van der Waals surface area contributed by atoms with Gasteiger partial charge < -0.3 is 15.2 Å². The van der Waals surface area contributed by atoms with Crippen LogP contribution >= 0.6 is 0 Å². The molecule has 0 bridgehead atoms. The van der Waals surface area contributed by atoms with Crippen molar-refractivity contribution in [3.63, 3.8) is 0 Å². The van der Waals surface area contributed by atoms with Crippen molar-refractivity contribution in [1.82, 2.24) is 0 Å². The van der Waals surface area contributed by atoms with Crippen LogP contribution in [0.4, 0.5) is 0 Å². The van der Waals surface area contributed by atoms with Crippen LogP contribution in [-0.2, 0) is 16.1 Å². The van der Waals surface area contributed by atoms with Crippen molar-refractivity contribution in [3.05, 3.63) is 29.8 Å². The van der Waals surface area contributed by atoms with Gasteiger partial charge in [0.15, 0.2) is 0 Å². The Bertz CT molecular complexity index is 439. The molecule has 4 nitrogen and oxygen atoms in total. The van der Waals surface area contributed by atoms with Crippen LogP contribution in [0.1, 0.15) is 37.7 Å². The van der Waals surface area contributed by atoms with Gasteiger partial charge in [-0.05, 0) is 30.5 Å². The third-order valence-electron chi connectivity index (χ3n) is 3.63. The molecule has 0 aliphatic heterocycles. The van der Waals surface area contributed by atoms with E-state index in [9.17, 15) is 4.79 Å². The van der Waals surface area contributed by atoms with Gasteiger partial charge in [0.1, 0.15) is 12.4 Å². The van der Waals surface area contributed by atoms with E-state index in [-0.39, 0.29) is 18.1 Å². The minimum absolute atomic E-state index is 0.216. The molecule has 0 amide bonds. The van der Waals surface area contributed by atoms with Gasteiger partial charge in [0.05, 0.1) is 13.5 Å². The molecule has 4 heteroatoms. The zero-order valence-electron chi connectivity index (χ0n) is 11.4. The predicted octanol–water partition coefficient (Wildman–Crippen LogP) is 2.40. The summed E-state index contributed by atoms with van der Waals surface area (Å²) in [6.45, 7) is 0.270. The fourth-order valence-electron chi connectivity index (χ4n) is 2.52. The van der Waals surface area contributed by atoms with Crippen LogP contribution in [0.5, 0.6) is 5.75 Å². The highest BCUT2D eigenvalue weighted by molar-refractivity contribution is 5.71. The Labute approximate surface area is 113 Å². The molecule has 1 saturated carbocycles. The van der Waals surface area contributed by atoms with Crippen molar-refractivity contribution in [3.8, 4) is 5.75 Å². The molecule has 1 aliphatic rings. The second kappa shape index (κ2) is 6.06. The first-order valence-corrected chi connectivity index (χ1v) is 6.69. The van der Waals surface area contributed by atoms with Crippen LogP contribution in [0.3, 0.4) is 0 Å². The summed E-state index contributed by atoms with van der Waals surface area (Å²) in [7, 11) is 1.61. The first-order chi connectivity index (χ1) is 9.11. The molecule has 19 heavy (non-hydrogen) atoms. The van der Waals surface area contributed by atoms with Gasteiger partial charge in [-0.3, -0.25) is 4.79 Å². The van der Waals surface area contributed by atoms with E-state index in [4.69, 9.17) is 15.2 Å². The number of hydrogen-bond acceptors (Lipinski definition) is 4. The van der Waals surface area contributed by atoms with Gasteiger partial charge in [0.25, 0.3) is 0 Å². The SMILES string of the molecule is COc1cccc(COC(=O)CC2(N)CCCC2)c1. The highest BCUT2D eigenvalue weighted by Gasteiger charge is 2.32. The van der Waals surface area contributed by atoms with Gasteiger partial charge in [-0.1, -0.05) is 25.0 Å². The molecule has 2 rings (SSSR count). The molecule has 0 unspecified atom stereocenters. The maximum absolute atomic E-state index is 11.8. The average Bonchev–Trinajstić information content (AvgIpc) is 2.83. The summed E-state index contributed by atoms with van der Waals surface area (Å²) in [5.74, 6) is 0.548. The molecule has 1 aliphatic carbocycles. The fraction of sp³-hybridized carbons (Fsp3) is 0.533. The molecular formula is C15H21NO3. The Morgan fingerprint density at radius 2 is 2.11 bits per heavy atom. The number of benzene rings is 1. The number of esters is 1. The number of carbonyl (C=O) groups is 1. The molecule has 0 saturated heterocycles. The number of methoxy groups -OCH3 is 1. The first kappa shape index (κ1) is 13.9. The number of ether oxygens (including phenoxy) is 2. The lowest BCUT2D eigenvalue weighted by Crippen LogP contribution is -2.39. The molecule has 0 heterocycles. The van der Waals surface area contributed by atoms with Crippen LogP contribution in [0.15, 0.2) is 24.3 Å². The zero-order chi connectivity index (χ0) is 13.7. The number of carbonyl (C=O) groups excluding carboxylic acids is 1. The van der Waals surface area contributed by atoms with Crippen molar-refractivity contribution in [1.29, 1.82) is 0 Å². The van der Waals surface area contributed by atoms with E-state index in [1.807, 2.05) is 24.3 Å². The molecule has 1 fully saturated rings. The topological polar surface area (TPSA) is 61.5 Å². The summed E-state index contributed by atoms with van der Waals surface area (Å²) in [6, 6.07) is 7.51. The van der Waals surface area contributed by atoms with Crippen molar-refractivity contribution < 1.29 is 14.3 Å². The van der Waals surface area contributed by atoms with Crippen molar-refractivity contribution >= 4 is 5.97 Å². The number of nitrogens with two attached hydrogens (primary N) is 1. The highest BCUT2D eigenvalue weighted by atomic mass is 16.5. The molecule has 0 spiro atoms. The van der Waals surface area contributed by atoms with E-state index >= 15 is 0 Å². The lowest BCUT2D eigenvalue weighted by atomic mass is 9.95. The summed E-state index contributed by atoms with van der Waals surface area (Å²) in [5.41, 5.74) is 6.73. The predicted molar refractivity (Wildman–Crippen MR) is 72.8 cm³/mol. The Morgan fingerprint density at radius 1 is 1.37 bits per heavy atom. The van der Waals surface area contributed by atoms with Crippen molar-refractivity contribution in [2.45, 2.75) is 44.2 Å². The minimum atomic E-state index is -0.342. The maximum atomic E-state index is 11.8. The Morgan fingerprint density at radius 3 is 2.79 bits per heavy atom. The van der Waals surface area contributed by atoms with Crippen LogP contribution in [0, 0.1) is 0 Å². The lowest BCUT2D eigenvalue weighted by Gasteiger charge is -2.21. The van der Waals surface area contributed by atoms with Crippen LogP contribution in [0.2, 0.25) is 0 Å². The Hall–Kier alpha value is -1.55. The molecular weight excluding hydrogens is 242 g/mol. The normalized spacial score (nSPS) is 17.2. The maximum Gasteiger partial charge on any atom is 0.307 e. The van der Waals surface area contributed by atoms with Gasteiger partial charge in [-0.25, -0.2) is 0 Å². The summed E-state index contributed by atoms with van der Waals surface area (Å²) in [5, 5.41) is 0. The van der Waals surface area contributed by atoms with E-state index in [1.165, 1.54) is 0 Å². The highest BCUT2D eigenvalue weighted by Crippen LogP contribution is 2.30. The van der Waals surface area contributed by atoms with E-state index in [2.05, 4.69) is 0 Å². The van der Waals surface area contributed by atoms with Gasteiger partial charge in [-0.15, -0.1) is 0 Å². The molecule has 1 aromatic rings. The lowest BCUT2D eigenvalue weighted by molar-refractivity contribution is -0.146. The Balaban J connectivity index is 1.82. The standard InChI is InChI=1S/C15H21NO3/c1-18-13-6-4-5-12(9-13)11-19-14(17)10-15(16)7-2-3-8-15/h4-6,9H,2-3,7-8,10-11,16H2,1H3. The van der Waals surface area contributed by atoms with Crippen LogP contribution < -0.4 is 10.5 Å². The van der Waals surface area contributed by atoms with E-state index < -0.39 is 0 Å². The van der Waals surface area contributed by atoms with Gasteiger partial charge in [0, 0.05) is 5.54 Å². The van der Waals surface area contributed by atoms with E-state index in [0.29, 0.717) is 6.42 Å². The number of hydrogen-bond donors (Lipinski definition) is 1. The quantitative estimate of drug-likeness (QED) is 0.829. The summed E-state index contributed by atoms with van der Waals surface area (Å²) in [6.07, 6.45) is 4.37.